The van der Waals surface area contributed by atoms with Crippen molar-refractivity contribution in [3.8, 4) is 0 Å². The van der Waals surface area contributed by atoms with E-state index in [9.17, 15) is 9.59 Å². The topological polar surface area (TPSA) is 80.3 Å². The largest absolute Gasteiger partial charge is 0.432 e. The van der Waals surface area contributed by atoms with Crippen molar-refractivity contribution in [2.45, 2.75) is 157 Å². The molecule has 0 heterocycles. The van der Waals surface area contributed by atoms with Crippen molar-refractivity contribution in [2.24, 2.45) is 0 Å². The second-order valence-corrected chi connectivity index (χ2v) is 11.0. The van der Waals surface area contributed by atoms with E-state index in [1.807, 2.05) is 19.9 Å². The van der Waals surface area contributed by atoms with Crippen LogP contribution in [0, 0.1) is 0 Å². The van der Waals surface area contributed by atoms with Crippen LogP contribution < -0.4 is 0 Å². The van der Waals surface area contributed by atoms with Gasteiger partial charge in [0.05, 0.1) is 30.4 Å². The van der Waals surface area contributed by atoms with E-state index in [1.165, 1.54) is 0 Å². The summed E-state index contributed by atoms with van der Waals surface area (Å²) in [5.41, 5.74) is 1.04. The molecule has 1 rings (SSSR count). The molecule has 0 radical (unpaired) electrons. The zero-order valence-electron chi connectivity index (χ0n) is 27.5. The zero-order chi connectivity index (χ0) is 31.0. The van der Waals surface area contributed by atoms with Gasteiger partial charge < -0.3 is 23.7 Å². The van der Waals surface area contributed by atoms with Crippen molar-refractivity contribution >= 4 is 11.9 Å². The van der Waals surface area contributed by atoms with Crippen molar-refractivity contribution in [3.63, 3.8) is 0 Å². The number of rotatable bonds is 26. The van der Waals surface area contributed by atoms with Gasteiger partial charge in [-0.2, -0.15) is 0 Å². The lowest BCUT2D eigenvalue weighted by molar-refractivity contribution is -0.116. The Morgan fingerprint density at radius 2 is 1.05 bits per heavy atom. The third-order valence-electron chi connectivity index (χ3n) is 7.11. The fourth-order valence-electron chi connectivity index (χ4n) is 4.72. The molecular formula is C35H60O7. The number of esters is 2. The molecule has 3 atom stereocenters. The SMILES string of the molecule is CCCCCOC(CCC)OC(=O)c1cccc(C(CCC)OCCCCC)c1C(=O)OC(CCC)OCCCCC. The molecule has 0 bridgehead atoms. The molecule has 42 heavy (non-hydrogen) atoms. The van der Waals surface area contributed by atoms with Crippen LogP contribution in [0.3, 0.4) is 0 Å². The van der Waals surface area contributed by atoms with Crippen LogP contribution in [0.2, 0.25) is 0 Å². The van der Waals surface area contributed by atoms with Crippen LogP contribution >= 0.6 is 0 Å². The quantitative estimate of drug-likeness (QED) is 0.0602. The van der Waals surface area contributed by atoms with Gasteiger partial charge in [-0.15, -0.1) is 0 Å². The summed E-state index contributed by atoms with van der Waals surface area (Å²) >= 11 is 0. The van der Waals surface area contributed by atoms with Crippen LogP contribution in [-0.2, 0) is 23.7 Å². The molecule has 0 saturated carbocycles. The molecular weight excluding hydrogens is 532 g/mol. The molecule has 1 aromatic rings. The highest BCUT2D eigenvalue weighted by atomic mass is 16.7. The highest BCUT2D eigenvalue weighted by Crippen LogP contribution is 2.31. The molecule has 0 spiro atoms. The van der Waals surface area contributed by atoms with E-state index < -0.39 is 24.5 Å². The summed E-state index contributed by atoms with van der Waals surface area (Å²) in [5, 5.41) is 0. The second-order valence-electron chi connectivity index (χ2n) is 11.0. The van der Waals surface area contributed by atoms with Gasteiger partial charge in [-0.05, 0) is 37.3 Å². The fraction of sp³-hybridized carbons (Fsp3) is 0.771. The monoisotopic (exact) mass is 592 g/mol. The van der Waals surface area contributed by atoms with E-state index in [0.29, 0.717) is 38.2 Å². The molecule has 3 unspecified atom stereocenters. The number of hydrogen-bond acceptors (Lipinski definition) is 7. The highest BCUT2D eigenvalue weighted by Gasteiger charge is 2.30. The van der Waals surface area contributed by atoms with Crippen LogP contribution in [0.4, 0.5) is 0 Å². The van der Waals surface area contributed by atoms with Gasteiger partial charge in [0, 0.05) is 19.4 Å². The Bertz CT molecular complexity index is 841. The summed E-state index contributed by atoms with van der Waals surface area (Å²) in [7, 11) is 0. The van der Waals surface area contributed by atoms with Crippen molar-refractivity contribution in [1.29, 1.82) is 0 Å². The summed E-state index contributed by atoms with van der Waals surface area (Å²) in [6.07, 6.45) is 11.9. The van der Waals surface area contributed by atoms with Gasteiger partial charge in [0.25, 0.3) is 0 Å². The second kappa shape index (κ2) is 24.5. The van der Waals surface area contributed by atoms with Gasteiger partial charge in [0.15, 0.2) is 0 Å². The Kier molecular flexibility index (Phi) is 22.2. The first-order chi connectivity index (χ1) is 20.5. The lowest BCUT2D eigenvalue weighted by Crippen LogP contribution is -2.27. The van der Waals surface area contributed by atoms with Gasteiger partial charge in [0.1, 0.15) is 0 Å². The van der Waals surface area contributed by atoms with Crippen molar-refractivity contribution in [1.82, 2.24) is 0 Å². The molecule has 0 fully saturated rings. The molecule has 0 saturated heterocycles. The van der Waals surface area contributed by atoms with E-state index in [4.69, 9.17) is 23.7 Å². The maximum Gasteiger partial charge on any atom is 0.341 e. The van der Waals surface area contributed by atoms with Gasteiger partial charge in [0.2, 0.25) is 12.6 Å². The maximum atomic E-state index is 13.9. The normalized spacial score (nSPS) is 13.5. The van der Waals surface area contributed by atoms with Crippen LogP contribution in [-0.4, -0.2) is 44.3 Å². The Morgan fingerprint density at radius 3 is 1.52 bits per heavy atom. The smallest absolute Gasteiger partial charge is 0.341 e. The van der Waals surface area contributed by atoms with Crippen molar-refractivity contribution in [3.05, 3.63) is 34.9 Å². The number of carbonyl (C=O) groups is 2. The Hall–Kier alpha value is -1.96. The standard InChI is InChI=1S/C35H60O7/c1-7-13-16-25-38-30(20-10-4)28-23-19-24-29(34(36)41-31(21-11-5)39-26-17-14-8-2)33(28)35(37)42-32(22-12-6)40-27-18-15-9-3/h19,23-24,30-32H,7-18,20-22,25-27H2,1-6H3. The molecule has 0 aliphatic carbocycles. The number of hydrogen-bond donors (Lipinski definition) is 0. The first-order valence-corrected chi connectivity index (χ1v) is 16.9. The molecule has 7 nitrogen and oxygen atoms in total. The molecule has 0 aliphatic rings. The summed E-state index contributed by atoms with van der Waals surface area (Å²) in [6.45, 7) is 14.2. The van der Waals surface area contributed by atoms with Gasteiger partial charge in [-0.1, -0.05) is 111 Å². The highest BCUT2D eigenvalue weighted by molar-refractivity contribution is 6.04. The minimum absolute atomic E-state index is 0.176. The summed E-state index contributed by atoms with van der Waals surface area (Å²) in [6, 6.07) is 5.30. The summed E-state index contributed by atoms with van der Waals surface area (Å²) in [4.78, 5) is 27.6. The summed E-state index contributed by atoms with van der Waals surface area (Å²) in [5.74, 6) is -1.17. The fourth-order valence-corrected chi connectivity index (χ4v) is 4.72. The predicted molar refractivity (Wildman–Crippen MR) is 169 cm³/mol. The molecule has 0 amide bonds. The number of benzene rings is 1. The average molecular weight is 593 g/mol. The maximum absolute atomic E-state index is 13.9. The predicted octanol–water partition coefficient (Wildman–Crippen LogP) is 9.71. The van der Waals surface area contributed by atoms with E-state index >= 15 is 0 Å². The van der Waals surface area contributed by atoms with E-state index in [-0.39, 0.29) is 17.2 Å². The minimum atomic E-state index is -0.680. The molecule has 0 N–H and O–H groups in total. The van der Waals surface area contributed by atoms with E-state index in [0.717, 1.165) is 83.5 Å². The lowest BCUT2D eigenvalue weighted by Gasteiger charge is -2.24. The van der Waals surface area contributed by atoms with Crippen LogP contribution in [0.25, 0.3) is 0 Å². The average Bonchev–Trinajstić information content (AvgIpc) is 2.98. The van der Waals surface area contributed by atoms with Crippen LogP contribution in [0.1, 0.15) is 170 Å². The van der Waals surface area contributed by atoms with Gasteiger partial charge in [-0.25, -0.2) is 9.59 Å². The van der Waals surface area contributed by atoms with Gasteiger partial charge >= 0.3 is 11.9 Å². The first-order valence-electron chi connectivity index (χ1n) is 16.9. The lowest BCUT2D eigenvalue weighted by atomic mass is 9.94. The first kappa shape index (κ1) is 38.1. The number of ether oxygens (including phenoxy) is 5. The number of carbonyl (C=O) groups excluding carboxylic acids is 2. The molecule has 1 aromatic carbocycles. The van der Waals surface area contributed by atoms with E-state index in [1.54, 1.807) is 12.1 Å². The van der Waals surface area contributed by atoms with Crippen molar-refractivity contribution < 1.29 is 33.3 Å². The Morgan fingerprint density at radius 1 is 0.571 bits per heavy atom. The van der Waals surface area contributed by atoms with Crippen LogP contribution in [0.5, 0.6) is 0 Å². The van der Waals surface area contributed by atoms with Crippen molar-refractivity contribution in [2.75, 3.05) is 19.8 Å². The van der Waals surface area contributed by atoms with Gasteiger partial charge in [-0.3, -0.25) is 0 Å². The molecule has 0 aliphatic heterocycles. The zero-order valence-corrected chi connectivity index (χ0v) is 27.5. The third-order valence-corrected chi connectivity index (χ3v) is 7.11. The van der Waals surface area contributed by atoms with E-state index in [2.05, 4.69) is 27.7 Å². The summed E-state index contributed by atoms with van der Waals surface area (Å²) < 4.78 is 30.0. The molecule has 242 valence electrons. The minimum Gasteiger partial charge on any atom is -0.432 e. The Balaban J connectivity index is 3.38. The third kappa shape index (κ3) is 15.0. The molecule has 0 aromatic heterocycles. The van der Waals surface area contributed by atoms with Crippen LogP contribution in [0.15, 0.2) is 18.2 Å². The Labute approximate surface area is 256 Å². The molecule has 7 heteroatoms. The number of unbranched alkanes of at least 4 members (excludes halogenated alkanes) is 6.